The molecule has 2 atom stereocenters. The Morgan fingerprint density at radius 2 is 1.90 bits per heavy atom. The van der Waals surface area contributed by atoms with Crippen molar-refractivity contribution in [3.63, 3.8) is 0 Å². The highest BCUT2D eigenvalue weighted by Gasteiger charge is 2.44. The van der Waals surface area contributed by atoms with E-state index in [2.05, 4.69) is 5.32 Å². The van der Waals surface area contributed by atoms with Crippen LogP contribution >= 0.6 is 0 Å². The van der Waals surface area contributed by atoms with E-state index < -0.39 is 35.3 Å². The molecular weight excluding hydrogens is 532 g/mol. The van der Waals surface area contributed by atoms with Crippen LogP contribution in [0.2, 0.25) is 0 Å². The number of ether oxygens (including phenoxy) is 3. The molecule has 1 aromatic carbocycles. The lowest BCUT2D eigenvalue weighted by Crippen LogP contribution is -2.56. The number of methoxy groups -OCH3 is 1. The summed E-state index contributed by atoms with van der Waals surface area (Å²) in [4.78, 5) is 56.3. The maximum absolute atomic E-state index is 14.1. The summed E-state index contributed by atoms with van der Waals surface area (Å²) in [6, 6.07) is 4.78. The van der Waals surface area contributed by atoms with Crippen molar-refractivity contribution in [2.24, 2.45) is 5.92 Å². The van der Waals surface area contributed by atoms with Crippen molar-refractivity contribution >= 4 is 35.4 Å². The average Bonchev–Trinajstić information content (AvgIpc) is 3.70. The summed E-state index contributed by atoms with van der Waals surface area (Å²) >= 11 is 0. The molecule has 2 aliphatic heterocycles. The van der Waals surface area contributed by atoms with E-state index in [1.54, 1.807) is 63.7 Å². The SMILES string of the molecule is COCCCN1C(=O)C(C)(C)Oc2ccc(N(C(=O)[C@@H]3C[C@H](NC(=O)OC(C)(C)C)CN(C(=O)O)C3)C3CC3)cc21. The third-order valence-electron chi connectivity index (χ3n) is 7.31. The third kappa shape index (κ3) is 7.22. The van der Waals surface area contributed by atoms with Gasteiger partial charge in [0.15, 0.2) is 5.60 Å². The zero-order valence-corrected chi connectivity index (χ0v) is 24.8. The molecule has 12 heteroatoms. The molecule has 4 amide bonds. The van der Waals surface area contributed by atoms with E-state index in [1.165, 1.54) is 0 Å². The standard InChI is InChI=1S/C29H42N4O8/c1-28(2,3)41-26(36)30-19-14-18(16-31(17-19)27(37)38)24(34)33(20-8-9-20)21-10-11-23-22(15-21)32(12-7-13-39-6)25(35)29(4,5)40-23/h10-11,15,18-20H,7-9,12-14,16-17H2,1-6H3,(H,30,36)(H,37,38)/t18-,19+/m1/s1. The molecule has 226 valence electrons. The number of piperidine rings is 1. The van der Waals surface area contributed by atoms with Crippen molar-refractivity contribution < 1.29 is 38.5 Å². The van der Waals surface area contributed by atoms with Gasteiger partial charge in [0.25, 0.3) is 5.91 Å². The second-order valence-electron chi connectivity index (χ2n) is 12.5. The minimum absolute atomic E-state index is 0.0216. The van der Waals surface area contributed by atoms with Crippen LogP contribution in [0, 0.1) is 5.92 Å². The first-order valence-electron chi connectivity index (χ1n) is 14.1. The molecule has 4 rings (SSSR count). The summed E-state index contributed by atoms with van der Waals surface area (Å²) in [6.07, 6.45) is 0.725. The van der Waals surface area contributed by atoms with Gasteiger partial charge in [-0.2, -0.15) is 0 Å². The van der Waals surface area contributed by atoms with Gasteiger partial charge in [0.2, 0.25) is 5.91 Å². The Labute approximate surface area is 240 Å². The predicted molar refractivity (Wildman–Crippen MR) is 151 cm³/mol. The predicted octanol–water partition coefficient (Wildman–Crippen LogP) is 3.62. The van der Waals surface area contributed by atoms with Crippen LogP contribution in [0.1, 0.15) is 60.3 Å². The van der Waals surface area contributed by atoms with E-state index in [9.17, 15) is 24.3 Å². The molecule has 1 saturated carbocycles. The number of nitrogens with one attached hydrogen (secondary N) is 1. The number of anilines is 2. The van der Waals surface area contributed by atoms with E-state index in [-0.39, 0.29) is 37.4 Å². The van der Waals surface area contributed by atoms with E-state index in [0.717, 1.165) is 17.7 Å². The van der Waals surface area contributed by atoms with Gasteiger partial charge in [0.1, 0.15) is 11.4 Å². The molecular formula is C29H42N4O8. The van der Waals surface area contributed by atoms with Crippen LogP contribution in [-0.4, -0.2) is 90.6 Å². The largest absolute Gasteiger partial charge is 0.476 e. The maximum atomic E-state index is 14.1. The van der Waals surface area contributed by atoms with Crippen LogP contribution in [0.5, 0.6) is 5.75 Å². The lowest BCUT2D eigenvalue weighted by Gasteiger charge is -2.40. The number of likely N-dealkylation sites (tertiary alicyclic amines) is 1. The van der Waals surface area contributed by atoms with E-state index >= 15 is 0 Å². The van der Waals surface area contributed by atoms with Crippen LogP contribution in [0.15, 0.2) is 18.2 Å². The number of rotatable bonds is 8. The smallest absolute Gasteiger partial charge is 0.407 e. The Morgan fingerprint density at radius 1 is 1.20 bits per heavy atom. The van der Waals surface area contributed by atoms with Gasteiger partial charge in [-0.15, -0.1) is 0 Å². The van der Waals surface area contributed by atoms with Gasteiger partial charge in [-0.25, -0.2) is 9.59 Å². The fraction of sp³-hybridized carbons (Fsp3) is 0.655. The number of carbonyl (C=O) groups is 4. The van der Waals surface area contributed by atoms with Gasteiger partial charge in [0.05, 0.1) is 17.6 Å². The summed E-state index contributed by atoms with van der Waals surface area (Å²) in [5.41, 5.74) is -0.547. The highest BCUT2D eigenvalue weighted by Crippen LogP contribution is 2.43. The minimum atomic E-state index is -1.16. The Morgan fingerprint density at radius 3 is 2.51 bits per heavy atom. The van der Waals surface area contributed by atoms with Crippen LogP contribution < -0.4 is 19.9 Å². The molecule has 2 fully saturated rings. The summed E-state index contributed by atoms with van der Waals surface area (Å²) in [5, 5.41) is 12.5. The fourth-order valence-electron chi connectivity index (χ4n) is 5.36. The second kappa shape index (κ2) is 11.8. The van der Waals surface area contributed by atoms with Gasteiger partial charge in [0, 0.05) is 45.1 Å². The number of alkyl carbamates (subject to hydrolysis) is 1. The summed E-state index contributed by atoms with van der Waals surface area (Å²) < 4.78 is 16.6. The van der Waals surface area contributed by atoms with E-state index in [1.807, 2.05) is 6.07 Å². The van der Waals surface area contributed by atoms with Gasteiger partial charge < -0.3 is 39.3 Å². The number of fused-ring (bicyclic) bond motifs is 1. The topological polar surface area (TPSA) is 138 Å². The van der Waals surface area contributed by atoms with Crippen molar-refractivity contribution in [3.8, 4) is 5.75 Å². The number of carboxylic acid groups (broad SMARTS) is 1. The van der Waals surface area contributed by atoms with Crippen molar-refractivity contribution in [2.45, 2.75) is 83.6 Å². The molecule has 0 spiro atoms. The summed E-state index contributed by atoms with van der Waals surface area (Å²) in [7, 11) is 1.61. The number of amides is 4. The summed E-state index contributed by atoms with van der Waals surface area (Å²) in [5.74, 6) is -0.520. The zero-order chi connectivity index (χ0) is 30.1. The monoisotopic (exact) mass is 574 g/mol. The molecule has 0 unspecified atom stereocenters. The molecule has 1 saturated heterocycles. The average molecular weight is 575 g/mol. The molecule has 0 bridgehead atoms. The number of benzene rings is 1. The first-order valence-corrected chi connectivity index (χ1v) is 14.1. The molecule has 3 aliphatic rings. The fourth-order valence-corrected chi connectivity index (χ4v) is 5.36. The molecule has 41 heavy (non-hydrogen) atoms. The number of hydrogen-bond donors (Lipinski definition) is 2. The molecule has 12 nitrogen and oxygen atoms in total. The normalized spacial score (nSPS) is 22.0. The van der Waals surface area contributed by atoms with Gasteiger partial charge >= 0.3 is 12.2 Å². The van der Waals surface area contributed by atoms with Crippen molar-refractivity contribution in [1.29, 1.82) is 0 Å². The van der Waals surface area contributed by atoms with E-state index in [0.29, 0.717) is 36.7 Å². The first kappa shape index (κ1) is 30.4. The molecule has 1 aromatic rings. The summed E-state index contributed by atoms with van der Waals surface area (Å²) in [6.45, 7) is 9.70. The Balaban J connectivity index is 1.60. The second-order valence-corrected chi connectivity index (χ2v) is 12.5. The highest BCUT2D eigenvalue weighted by molar-refractivity contribution is 6.04. The van der Waals surface area contributed by atoms with Crippen molar-refractivity contribution in [1.82, 2.24) is 10.2 Å². The number of hydrogen-bond acceptors (Lipinski definition) is 7. The van der Waals surface area contributed by atoms with Crippen LogP contribution in [0.4, 0.5) is 21.0 Å². The van der Waals surface area contributed by atoms with Gasteiger partial charge in [-0.1, -0.05) is 0 Å². The lowest BCUT2D eigenvalue weighted by atomic mass is 9.92. The van der Waals surface area contributed by atoms with Crippen molar-refractivity contribution in [2.75, 3.05) is 43.2 Å². The maximum Gasteiger partial charge on any atom is 0.407 e. The van der Waals surface area contributed by atoms with Crippen molar-refractivity contribution in [3.05, 3.63) is 18.2 Å². The number of nitrogens with zero attached hydrogens (tertiary/aromatic N) is 3. The zero-order valence-electron chi connectivity index (χ0n) is 24.8. The van der Waals surface area contributed by atoms with Crippen LogP contribution in [0.25, 0.3) is 0 Å². The minimum Gasteiger partial charge on any atom is -0.476 e. The quantitative estimate of drug-likeness (QED) is 0.449. The Hall–Kier alpha value is -3.54. The first-order chi connectivity index (χ1) is 19.2. The third-order valence-corrected chi connectivity index (χ3v) is 7.31. The van der Waals surface area contributed by atoms with Gasteiger partial charge in [-0.05, 0) is 78.5 Å². The molecule has 0 aromatic heterocycles. The Bertz CT molecular complexity index is 1180. The molecule has 1 aliphatic carbocycles. The molecule has 2 N–H and O–H groups in total. The van der Waals surface area contributed by atoms with Gasteiger partial charge in [-0.3, -0.25) is 9.59 Å². The van der Waals surface area contributed by atoms with Crippen LogP contribution in [0.3, 0.4) is 0 Å². The Kier molecular flexibility index (Phi) is 8.72. The number of carbonyl (C=O) groups excluding carboxylic acids is 3. The van der Waals surface area contributed by atoms with E-state index in [4.69, 9.17) is 14.2 Å². The molecule has 2 heterocycles. The highest BCUT2D eigenvalue weighted by atomic mass is 16.6. The van der Waals surface area contributed by atoms with Crippen LogP contribution in [-0.2, 0) is 19.1 Å². The lowest BCUT2D eigenvalue weighted by molar-refractivity contribution is -0.132. The molecule has 0 radical (unpaired) electrons.